The van der Waals surface area contributed by atoms with Crippen LogP contribution in [-0.4, -0.2) is 62.3 Å². The topological polar surface area (TPSA) is 61.6 Å². The van der Waals surface area contributed by atoms with Crippen LogP contribution < -0.4 is 0 Å². The lowest BCUT2D eigenvalue weighted by molar-refractivity contribution is 0.0539. The first-order valence-electron chi connectivity index (χ1n) is 8.93. The first-order chi connectivity index (χ1) is 11.2. The van der Waals surface area contributed by atoms with Crippen LogP contribution in [0.2, 0.25) is 0 Å². The van der Waals surface area contributed by atoms with Gasteiger partial charge in [-0.25, -0.2) is 9.78 Å². The molecule has 0 unspecified atom stereocenters. The van der Waals surface area contributed by atoms with Gasteiger partial charge in [-0.15, -0.1) is 0 Å². The molecule has 23 heavy (non-hydrogen) atoms. The van der Waals surface area contributed by atoms with Crippen molar-refractivity contribution in [1.82, 2.24) is 19.4 Å². The Bertz CT molecular complexity index is 477. The van der Waals surface area contributed by atoms with Crippen LogP contribution in [0.25, 0.3) is 0 Å². The van der Waals surface area contributed by atoms with E-state index in [1.54, 1.807) is 4.90 Å². The van der Waals surface area contributed by atoms with Crippen LogP contribution in [0, 0.1) is 0 Å². The predicted molar refractivity (Wildman–Crippen MR) is 88.4 cm³/mol. The van der Waals surface area contributed by atoms with Crippen molar-refractivity contribution in [1.29, 1.82) is 0 Å². The Morgan fingerprint density at radius 2 is 1.83 bits per heavy atom. The molecule has 1 saturated heterocycles. The van der Waals surface area contributed by atoms with Crippen LogP contribution in [0.4, 0.5) is 4.79 Å². The molecule has 0 radical (unpaired) electrons. The monoisotopic (exact) mass is 320 g/mol. The van der Waals surface area contributed by atoms with E-state index in [1.807, 2.05) is 18.7 Å². The summed E-state index contributed by atoms with van der Waals surface area (Å²) >= 11 is 0. The van der Waals surface area contributed by atoms with Crippen molar-refractivity contribution < 1.29 is 9.90 Å². The fourth-order valence-electron chi connectivity index (χ4n) is 4.11. The molecule has 2 aliphatic rings. The SMILES string of the molecule is O=C(O)N1CCC(N(CCn2ccnc2)C2CCCCC2)CC1. The average Bonchev–Trinajstić information content (AvgIpc) is 3.10. The fourth-order valence-corrected chi connectivity index (χ4v) is 4.11. The fraction of sp³-hybridized carbons (Fsp3) is 0.765. The zero-order valence-electron chi connectivity index (χ0n) is 13.8. The Balaban J connectivity index is 1.61. The molecule has 2 heterocycles. The van der Waals surface area contributed by atoms with E-state index in [4.69, 9.17) is 5.11 Å². The maximum atomic E-state index is 11.1. The number of carboxylic acid groups (broad SMARTS) is 1. The van der Waals surface area contributed by atoms with E-state index in [1.165, 1.54) is 32.1 Å². The number of rotatable bonds is 5. The summed E-state index contributed by atoms with van der Waals surface area (Å²) in [6, 6.07) is 1.20. The molecule has 0 aromatic carbocycles. The minimum atomic E-state index is -0.772. The van der Waals surface area contributed by atoms with Crippen molar-refractivity contribution in [3.63, 3.8) is 0 Å². The van der Waals surface area contributed by atoms with E-state index >= 15 is 0 Å². The average molecular weight is 320 g/mol. The van der Waals surface area contributed by atoms with E-state index in [0.717, 1.165) is 25.9 Å². The van der Waals surface area contributed by atoms with Gasteiger partial charge in [-0.3, -0.25) is 4.90 Å². The molecule has 1 amide bonds. The molecule has 1 aromatic rings. The summed E-state index contributed by atoms with van der Waals surface area (Å²) in [5.41, 5.74) is 0. The molecule has 128 valence electrons. The van der Waals surface area contributed by atoms with E-state index < -0.39 is 6.09 Å². The summed E-state index contributed by atoms with van der Waals surface area (Å²) < 4.78 is 2.14. The third-order valence-electron chi connectivity index (χ3n) is 5.42. The molecule has 6 nitrogen and oxygen atoms in total. The van der Waals surface area contributed by atoms with Crippen LogP contribution in [0.5, 0.6) is 0 Å². The second-order valence-electron chi connectivity index (χ2n) is 6.83. The minimum Gasteiger partial charge on any atom is -0.465 e. The summed E-state index contributed by atoms with van der Waals surface area (Å²) in [5.74, 6) is 0. The zero-order chi connectivity index (χ0) is 16.1. The molecule has 0 bridgehead atoms. The number of carbonyl (C=O) groups is 1. The Labute approximate surface area is 138 Å². The van der Waals surface area contributed by atoms with Gasteiger partial charge in [0.15, 0.2) is 0 Å². The lowest BCUT2D eigenvalue weighted by Crippen LogP contribution is -2.51. The number of likely N-dealkylation sites (tertiary alicyclic amines) is 1. The molecule has 3 rings (SSSR count). The number of hydrogen-bond donors (Lipinski definition) is 1. The molecule has 1 aliphatic heterocycles. The normalized spacial score (nSPS) is 21.0. The van der Waals surface area contributed by atoms with Crippen molar-refractivity contribution in [3.05, 3.63) is 18.7 Å². The second-order valence-corrected chi connectivity index (χ2v) is 6.83. The summed E-state index contributed by atoms with van der Waals surface area (Å²) in [5, 5.41) is 9.14. The van der Waals surface area contributed by atoms with Crippen LogP contribution in [0.1, 0.15) is 44.9 Å². The highest BCUT2D eigenvalue weighted by atomic mass is 16.4. The van der Waals surface area contributed by atoms with Crippen molar-refractivity contribution in [2.45, 2.75) is 63.6 Å². The van der Waals surface area contributed by atoms with Gasteiger partial charge in [-0.2, -0.15) is 0 Å². The number of hydrogen-bond acceptors (Lipinski definition) is 3. The Kier molecular flexibility index (Phi) is 5.54. The lowest BCUT2D eigenvalue weighted by Gasteiger charge is -2.43. The summed E-state index contributed by atoms with van der Waals surface area (Å²) in [4.78, 5) is 19.5. The van der Waals surface area contributed by atoms with Crippen molar-refractivity contribution in [3.8, 4) is 0 Å². The molecule has 0 atom stereocenters. The smallest absolute Gasteiger partial charge is 0.407 e. The zero-order valence-corrected chi connectivity index (χ0v) is 13.8. The number of piperidine rings is 1. The number of amides is 1. The number of nitrogens with zero attached hydrogens (tertiary/aromatic N) is 4. The standard InChI is InChI=1S/C17H28N4O2/c22-17(23)20-9-6-16(7-10-20)21(15-4-2-1-3-5-15)13-12-19-11-8-18-14-19/h8,11,14-16H,1-7,9-10,12-13H2,(H,22,23). The Morgan fingerprint density at radius 1 is 1.13 bits per heavy atom. The van der Waals surface area contributed by atoms with Crippen molar-refractivity contribution in [2.24, 2.45) is 0 Å². The van der Waals surface area contributed by atoms with E-state index in [-0.39, 0.29) is 0 Å². The molecule has 0 spiro atoms. The van der Waals surface area contributed by atoms with Crippen LogP contribution in [-0.2, 0) is 6.54 Å². The Hall–Kier alpha value is -1.56. The van der Waals surface area contributed by atoms with Gasteiger partial charge in [0, 0.05) is 50.7 Å². The molecule has 1 saturated carbocycles. The van der Waals surface area contributed by atoms with Crippen molar-refractivity contribution >= 4 is 6.09 Å². The minimum absolute atomic E-state index is 0.525. The van der Waals surface area contributed by atoms with Gasteiger partial charge in [-0.1, -0.05) is 19.3 Å². The summed E-state index contributed by atoms with van der Waals surface area (Å²) in [6.45, 7) is 3.36. The van der Waals surface area contributed by atoms with Gasteiger partial charge in [0.1, 0.15) is 0 Å². The first kappa shape index (κ1) is 16.3. The predicted octanol–water partition coefficient (Wildman–Crippen LogP) is 2.66. The van der Waals surface area contributed by atoms with Gasteiger partial charge in [0.05, 0.1) is 6.33 Å². The molecular formula is C17H28N4O2. The van der Waals surface area contributed by atoms with Crippen LogP contribution >= 0.6 is 0 Å². The highest BCUT2D eigenvalue weighted by molar-refractivity contribution is 5.65. The Morgan fingerprint density at radius 3 is 2.43 bits per heavy atom. The highest BCUT2D eigenvalue weighted by Crippen LogP contribution is 2.27. The molecule has 2 fully saturated rings. The maximum absolute atomic E-state index is 11.1. The largest absolute Gasteiger partial charge is 0.465 e. The van der Waals surface area contributed by atoms with Crippen molar-refractivity contribution in [2.75, 3.05) is 19.6 Å². The molecule has 6 heteroatoms. The number of aromatic nitrogens is 2. The van der Waals surface area contributed by atoms with Gasteiger partial charge >= 0.3 is 6.09 Å². The maximum Gasteiger partial charge on any atom is 0.407 e. The van der Waals surface area contributed by atoms with Gasteiger partial charge in [0.25, 0.3) is 0 Å². The van der Waals surface area contributed by atoms with E-state index in [9.17, 15) is 4.79 Å². The second kappa shape index (κ2) is 7.81. The quantitative estimate of drug-likeness (QED) is 0.906. The molecular weight excluding hydrogens is 292 g/mol. The third-order valence-corrected chi connectivity index (χ3v) is 5.42. The van der Waals surface area contributed by atoms with Crippen LogP contribution in [0.3, 0.4) is 0 Å². The van der Waals surface area contributed by atoms with E-state index in [0.29, 0.717) is 25.2 Å². The number of imidazole rings is 1. The van der Waals surface area contributed by atoms with Gasteiger partial charge in [-0.05, 0) is 25.7 Å². The van der Waals surface area contributed by atoms with Gasteiger partial charge < -0.3 is 14.6 Å². The highest BCUT2D eigenvalue weighted by Gasteiger charge is 2.31. The molecule has 1 aliphatic carbocycles. The summed E-state index contributed by atoms with van der Waals surface area (Å²) in [6.07, 6.45) is 13.5. The first-order valence-corrected chi connectivity index (χ1v) is 8.93. The van der Waals surface area contributed by atoms with Gasteiger partial charge in [0.2, 0.25) is 0 Å². The lowest BCUT2D eigenvalue weighted by atomic mass is 9.91. The van der Waals surface area contributed by atoms with Crippen LogP contribution in [0.15, 0.2) is 18.7 Å². The molecule has 1 N–H and O–H groups in total. The summed E-state index contributed by atoms with van der Waals surface area (Å²) in [7, 11) is 0. The van der Waals surface area contributed by atoms with E-state index in [2.05, 4.69) is 14.5 Å². The molecule has 1 aromatic heterocycles. The third kappa shape index (κ3) is 4.25.